The van der Waals surface area contributed by atoms with E-state index in [4.69, 9.17) is 5.14 Å². The van der Waals surface area contributed by atoms with Crippen LogP contribution in [0.4, 0.5) is 5.69 Å². The summed E-state index contributed by atoms with van der Waals surface area (Å²) in [5.74, 6) is 0. The van der Waals surface area contributed by atoms with E-state index >= 15 is 0 Å². The summed E-state index contributed by atoms with van der Waals surface area (Å²) in [4.78, 5) is 2.38. The number of nitrogens with zero attached hydrogens (tertiary/aromatic N) is 3. The van der Waals surface area contributed by atoms with Crippen molar-refractivity contribution in [3.8, 4) is 0 Å². The van der Waals surface area contributed by atoms with Crippen molar-refractivity contribution in [3.63, 3.8) is 0 Å². The van der Waals surface area contributed by atoms with Crippen molar-refractivity contribution in [3.05, 3.63) is 33.8 Å². The third kappa shape index (κ3) is 3.29. The molecule has 0 amide bonds. The summed E-state index contributed by atoms with van der Waals surface area (Å²) in [6.45, 7) is 3.66. The van der Waals surface area contributed by atoms with Crippen LogP contribution >= 0.6 is 11.3 Å². The van der Waals surface area contributed by atoms with Gasteiger partial charge in [-0.05, 0) is 37.5 Å². The molecule has 1 aromatic heterocycles. The Hall–Kier alpha value is -1.51. The predicted octanol–water partition coefficient (Wildman–Crippen LogP) is 1.49. The zero-order valence-electron chi connectivity index (χ0n) is 12.3. The SMILES string of the molecule is Cc1nnc(CCN2CCCc3ccc(S(N)(=O)=O)cc32)s1. The molecule has 6 nitrogen and oxygen atoms in total. The maximum Gasteiger partial charge on any atom is 0.238 e. The summed E-state index contributed by atoms with van der Waals surface area (Å²) >= 11 is 1.60. The molecule has 0 radical (unpaired) electrons. The Labute approximate surface area is 134 Å². The molecule has 0 unspecified atom stereocenters. The van der Waals surface area contributed by atoms with Gasteiger partial charge in [-0.3, -0.25) is 0 Å². The van der Waals surface area contributed by atoms with E-state index in [-0.39, 0.29) is 4.90 Å². The first-order chi connectivity index (χ1) is 10.4. The number of aryl methyl sites for hydroxylation is 2. The number of benzene rings is 1. The Morgan fingerprint density at radius 2 is 2.18 bits per heavy atom. The molecule has 118 valence electrons. The number of aromatic nitrogens is 2. The van der Waals surface area contributed by atoms with Gasteiger partial charge in [0, 0.05) is 25.2 Å². The lowest BCUT2D eigenvalue weighted by Gasteiger charge is -2.31. The third-order valence-electron chi connectivity index (χ3n) is 3.76. The molecule has 2 aromatic rings. The van der Waals surface area contributed by atoms with Gasteiger partial charge in [-0.1, -0.05) is 6.07 Å². The van der Waals surface area contributed by atoms with Crippen LogP contribution in [0.2, 0.25) is 0 Å². The zero-order chi connectivity index (χ0) is 15.7. The molecule has 22 heavy (non-hydrogen) atoms. The molecule has 1 aliphatic rings. The number of nitrogens with two attached hydrogens (primary N) is 1. The second-order valence-corrected chi connectivity index (χ2v) is 8.22. The number of primary sulfonamides is 1. The number of anilines is 1. The molecule has 0 saturated carbocycles. The fourth-order valence-corrected chi connectivity index (χ4v) is 3.94. The average Bonchev–Trinajstić information content (AvgIpc) is 2.89. The summed E-state index contributed by atoms with van der Waals surface area (Å²) in [6, 6.07) is 5.15. The van der Waals surface area contributed by atoms with Crippen molar-refractivity contribution < 1.29 is 8.42 Å². The molecule has 2 N–H and O–H groups in total. The van der Waals surface area contributed by atoms with Crippen molar-refractivity contribution in [1.82, 2.24) is 10.2 Å². The van der Waals surface area contributed by atoms with Crippen LogP contribution in [0, 0.1) is 6.92 Å². The van der Waals surface area contributed by atoms with E-state index in [1.807, 2.05) is 13.0 Å². The quantitative estimate of drug-likeness (QED) is 0.912. The number of hydrogen-bond donors (Lipinski definition) is 1. The second-order valence-electron chi connectivity index (χ2n) is 5.39. The van der Waals surface area contributed by atoms with Gasteiger partial charge in [0.2, 0.25) is 10.0 Å². The summed E-state index contributed by atoms with van der Waals surface area (Å²) in [5, 5.41) is 15.4. The molecule has 3 rings (SSSR count). The van der Waals surface area contributed by atoms with Crippen LogP contribution in [-0.2, 0) is 22.9 Å². The Kier molecular flexibility index (Phi) is 4.16. The molecule has 8 heteroatoms. The Bertz CT molecular complexity index is 786. The number of sulfonamides is 1. The fraction of sp³-hybridized carbons (Fsp3) is 0.429. The highest BCUT2D eigenvalue weighted by atomic mass is 32.2. The van der Waals surface area contributed by atoms with Crippen molar-refractivity contribution in [2.75, 3.05) is 18.0 Å². The van der Waals surface area contributed by atoms with E-state index in [0.717, 1.165) is 48.1 Å². The fourth-order valence-electron chi connectivity index (χ4n) is 2.71. The van der Waals surface area contributed by atoms with Crippen LogP contribution < -0.4 is 10.0 Å². The maximum absolute atomic E-state index is 11.6. The monoisotopic (exact) mass is 338 g/mol. The average molecular weight is 338 g/mol. The van der Waals surface area contributed by atoms with Gasteiger partial charge >= 0.3 is 0 Å². The minimum atomic E-state index is -3.67. The lowest BCUT2D eigenvalue weighted by atomic mass is 10.0. The van der Waals surface area contributed by atoms with Crippen molar-refractivity contribution >= 4 is 27.0 Å². The Morgan fingerprint density at radius 1 is 1.36 bits per heavy atom. The zero-order valence-corrected chi connectivity index (χ0v) is 14.0. The summed E-state index contributed by atoms with van der Waals surface area (Å²) in [5.41, 5.74) is 2.14. The molecule has 0 saturated heterocycles. The first-order valence-corrected chi connectivity index (χ1v) is 9.49. The minimum absolute atomic E-state index is 0.171. The highest BCUT2D eigenvalue weighted by Gasteiger charge is 2.20. The van der Waals surface area contributed by atoms with E-state index in [2.05, 4.69) is 15.1 Å². The van der Waals surface area contributed by atoms with Gasteiger partial charge in [-0.2, -0.15) is 0 Å². The van der Waals surface area contributed by atoms with Gasteiger partial charge in [0.1, 0.15) is 10.0 Å². The maximum atomic E-state index is 11.6. The number of hydrogen-bond acceptors (Lipinski definition) is 6. The number of fused-ring (bicyclic) bond motifs is 1. The largest absolute Gasteiger partial charge is 0.371 e. The molecule has 0 fully saturated rings. The topological polar surface area (TPSA) is 89.2 Å². The number of rotatable bonds is 4. The normalized spacial score (nSPS) is 14.9. The van der Waals surface area contributed by atoms with E-state index in [9.17, 15) is 8.42 Å². The lowest BCUT2D eigenvalue weighted by molar-refractivity contribution is 0.597. The van der Waals surface area contributed by atoms with E-state index in [1.165, 1.54) is 5.56 Å². The van der Waals surface area contributed by atoms with E-state index in [0.29, 0.717) is 0 Å². The highest BCUT2D eigenvalue weighted by molar-refractivity contribution is 7.89. The van der Waals surface area contributed by atoms with Gasteiger partial charge in [0.15, 0.2) is 0 Å². The van der Waals surface area contributed by atoms with Gasteiger partial charge in [-0.25, -0.2) is 13.6 Å². The van der Waals surface area contributed by atoms with Crippen LogP contribution in [0.15, 0.2) is 23.1 Å². The Morgan fingerprint density at radius 3 is 2.86 bits per heavy atom. The van der Waals surface area contributed by atoms with Gasteiger partial charge < -0.3 is 4.90 Å². The van der Waals surface area contributed by atoms with Crippen LogP contribution in [0.25, 0.3) is 0 Å². The van der Waals surface area contributed by atoms with E-state index < -0.39 is 10.0 Å². The minimum Gasteiger partial charge on any atom is -0.371 e. The van der Waals surface area contributed by atoms with Crippen LogP contribution in [0.1, 0.15) is 22.0 Å². The summed E-state index contributed by atoms with van der Waals surface area (Å²) in [7, 11) is -3.67. The molecule has 1 aliphatic heterocycles. The molecule has 0 spiro atoms. The predicted molar refractivity (Wildman–Crippen MR) is 86.7 cm³/mol. The van der Waals surface area contributed by atoms with Gasteiger partial charge in [0.05, 0.1) is 4.90 Å². The van der Waals surface area contributed by atoms with Crippen molar-refractivity contribution in [2.24, 2.45) is 5.14 Å². The van der Waals surface area contributed by atoms with Gasteiger partial charge in [0.25, 0.3) is 0 Å². The molecular weight excluding hydrogens is 320 g/mol. The molecular formula is C14H18N4O2S2. The van der Waals surface area contributed by atoms with Crippen LogP contribution in [0.5, 0.6) is 0 Å². The molecule has 1 aromatic carbocycles. The van der Waals surface area contributed by atoms with Crippen molar-refractivity contribution in [1.29, 1.82) is 0 Å². The molecule has 0 atom stereocenters. The summed E-state index contributed by atoms with van der Waals surface area (Å²) < 4.78 is 23.1. The van der Waals surface area contributed by atoms with Crippen molar-refractivity contribution in [2.45, 2.75) is 31.1 Å². The second kappa shape index (κ2) is 5.94. The van der Waals surface area contributed by atoms with Crippen LogP contribution in [0.3, 0.4) is 0 Å². The highest BCUT2D eigenvalue weighted by Crippen LogP contribution is 2.29. The molecule has 0 bridgehead atoms. The third-order valence-corrected chi connectivity index (χ3v) is 5.57. The molecule has 2 heterocycles. The lowest BCUT2D eigenvalue weighted by Crippen LogP contribution is -2.31. The first kappa shape index (κ1) is 15.4. The Balaban J connectivity index is 1.83. The summed E-state index contributed by atoms with van der Waals surface area (Å²) in [6.07, 6.45) is 2.84. The van der Waals surface area contributed by atoms with E-state index in [1.54, 1.807) is 23.5 Å². The standard InChI is InChI=1S/C14H18N4O2S2/c1-10-16-17-14(21-10)6-8-18-7-2-3-11-4-5-12(9-13(11)18)22(15,19)20/h4-5,9H,2-3,6-8H2,1H3,(H2,15,19,20). The van der Waals surface area contributed by atoms with Crippen LogP contribution in [-0.4, -0.2) is 31.7 Å². The smallest absolute Gasteiger partial charge is 0.238 e. The first-order valence-electron chi connectivity index (χ1n) is 7.13. The molecule has 0 aliphatic carbocycles. The van der Waals surface area contributed by atoms with Gasteiger partial charge in [-0.15, -0.1) is 21.5 Å².